The van der Waals surface area contributed by atoms with E-state index in [2.05, 4.69) is 6.92 Å². The van der Waals surface area contributed by atoms with Crippen molar-refractivity contribution in [3.8, 4) is 0 Å². The monoisotopic (exact) mass is 396 g/mol. The molecule has 0 aliphatic heterocycles. The lowest BCUT2D eigenvalue weighted by molar-refractivity contribution is -0.144. The van der Waals surface area contributed by atoms with Crippen molar-refractivity contribution in [1.29, 1.82) is 0 Å². The van der Waals surface area contributed by atoms with Gasteiger partial charge in [-0.05, 0) is 32.7 Å². The Morgan fingerprint density at radius 1 is 0.571 bits per heavy atom. The molecule has 0 unspecified atom stereocenters. The largest absolute Gasteiger partial charge is 0.330 e. The summed E-state index contributed by atoms with van der Waals surface area (Å²) in [7, 11) is 0. The molecule has 0 atom stereocenters. The van der Waals surface area contributed by atoms with Crippen LogP contribution in [0.25, 0.3) is 0 Å². The molecule has 4 heteroatoms. The van der Waals surface area contributed by atoms with Gasteiger partial charge in [0.05, 0.1) is 0 Å². The summed E-state index contributed by atoms with van der Waals surface area (Å²) in [5, 5.41) is 0. The van der Waals surface area contributed by atoms with Crippen LogP contribution < -0.4 is 5.73 Å². The molecule has 0 aromatic carbocycles. The number of carbonyl (C=O) groups is 2. The minimum absolute atomic E-state index is 0.00870. The zero-order valence-corrected chi connectivity index (χ0v) is 19.0. The van der Waals surface area contributed by atoms with Gasteiger partial charge in [-0.25, -0.2) is 0 Å². The van der Waals surface area contributed by atoms with Crippen LogP contribution in [0.15, 0.2) is 0 Å². The van der Waals surface area contributed by atoms with Crippen LogP contribution in [0.3, 0.4) is 0 Å². The third-order valence-corrected chi connectivity index (χ3v) is 5.51. The van der Waals surface area contributed by atoms with Crippen LogP contribution in [0.4, 0.5) is 0 Å². The average molecular weight is 397 g/mol. The molecule has 2 amide bonds. The second-order valence-electron chi connectivity index (χ2n) is 8.12. The molecule has 28 heavy (non-hydrogen) atoms. The Labute approximate surface area is 175 Å². The van der Waals surface area contributed by atoms with Gasteiger partial charge in [0.15, 0.2) is 0 Å². The smallest absolute Gasteiger partial charge is 0.229 e. The highest BCUT2D eigenvalue weighted by Gasteiger charge is 2.18. The van der Waals surface area contributed by atoms with Crippen molar-refractivity contribution >= 4 is 11.8 Å². The molecule has 0 spiro atoms. The van der Waals surface area contributed by atoms with Crippen molar-refractivity contribution in [3.63, 3.8) is 0 Å². The van der Waals surface area contributed by atoms with Gasteiger partial charge in [-0.3, -0.25) is 14.5 Å². The highest BCUT2D eigenvalue weighted by atomic mass is 16.2. The predicted octanol–water partition coefficient (Wildman–Crippen LogP) is 6.36. The number of rotatable bonds is 20. The van der Waals surface area contributed by atoms with Gasteiger partial charge < -0.3 is 5.73 Å². The van der Waals surface area contributed by atoms with Gasteiger partial charge in [0.25, 0.3) is 0 Å². The third-order valence-electron chi connectivity index (χ3n) is 5.51. The summed E-state index contributed by atoms with van der Waals surface area (Å²) >= 11 is 0. The summed E-state index contributed by atoms with van der Waals surface area (Å²) in [4.78, 5) is 25.9. The number of hydrogen-bond donors (Lipinski definition) is 1. The summed E-state index contributed by atoms with van der Waals surface area (Å²) in [5.41, 5.74) is 5.47. The van der Waals surface area contributed by atoms with Gasteiger partial charge in [-0.2, -0.15) is 0 Å². The summed E-state index contributed by atoms with van der Waals surface area (Å²) in [6, 6.07) is 0. The van der Waals surface area contributed by atoms with Gasteiger partial charge in [-0.1, -0.05) is 90.4 Å². The summed E-state index contributed by atoms with van der Waals surface area (Å²) in [6.07, 6.45) is 20.6. The first-order valence-electron chi connectivity index (χ1n) is 12.2. The lowest BCUT2D eigenvalue weighted by atomic mass is 10.0. The van der Waals surface area contributed by atoms with Crippen LogP contribution >= 0.6 is 0 Å². The molecule has 0 aliphatic carbocycles. The molecule has 0 saturated heterocycles. The molecule has 0 aromatic rings. The average Bonchev–Trinajstić information content (AvgIpc) is 2.69. The summed E-state index contributed by atoms with van der Waals surface area (Å²) < 4.78 is 0. The van der Waals surface area contributed by atoms with Gasteiger partial charge in [0.1, 0.15) is 0 Å². The Hall–Kier alpha value is -0.900. The Kier molecular flexibility index (Phi) is 20.2. The summed E-state index contributed by atoms with van der Waals surface area (Å²) in [5.74, 6) is -0.00591. The number of imide groups is 1. The van der Waals surface area contributed by atoms with Crippen molar-refractivity contribution in [3.05, 3.63) is 0 Å². The lowest BCUT2D eigenvalue weighted by Crippen LogP contribution is -2.36. The SMILES string of the molecule is CCCCCCCCCCCCCCCC(=O)N(CC)C(=O)CCCCCN. The molecular weight excluding hydrogens is 348 g/mol. The van der Waals surface area contributed by atoms with Crippen LogP contribution in [0, 0.1) is 0 Å². The van der Waals surface area contributed by atoms with Crippen LogP contribution in [-0.2, 0) is 9.59 Å². The molecule has 0 radical (unpaired) electrons. The quantitative estimate of drug-likeness (QED) is 0.243. The van der Waals surface area contributed by atoms with Crippen molar-refractivity contribution in [2.45, 2.75) is 129 Å². The van der Waals surface area contributed by atoms with E-state index in [0.717, 1.165) is 32.1 Å². The van der Waals surface area contributed by atoms with E-state index >= 15 is 0 Å². The Morgan fingerprint density at radius 2 is 0.929 bits per heavy atom. The van der Waals surface area contributed by atoms with Crippen molar-refractivity contribution < 1.29 is 9.59 Å². The molecule has 0 bridgehead atoms. The van der Waals surface area contributed by atoms with E-state index in [-0.39, 0.29) is 11.8 Å². The lowest BCUT2D eigenvalue weighted by Gasteiger charge is -2.19. The van der Waals surface area contributed by atoms with Crippen LogP contribution in [0.5, 0.6) is 0 Å². The fourth-order valence-corrected chi connectivity index (χ4v) is 3.65. The van der Waals surface area contributed by atoms with E-state index in [9.17, 15) is 9.59 Å². The molecule has 0 rings (SSSR count). The van der Waals surface area contributed by atoms with Crippen LogP contribution in [-0.4, -0.2) is 29.8 Å². The first kappa shape index (κ1) is 27.1. The van der Waals surface area contributed by atoms with Gasteiger partial charge in [0, 0.05) is 19.4 Å². The highest BCUT2D eigenvalue weighted by Crippen LogP contribution is 2.13. The first-order valence-corrected chi connectivity index (χ1v) is 12.2. The maximum Gasteiger partial charge on any atom is 0.229 e. The van der Waals surface area contributed by atoms with E-state index in [1.165, 1.54) is 75.5 Å². The molecule has 2 N–H and O–H groups in total. The molecule has 166 valence electrons. The highest BCUT2D eigenvalue weighted by molar-refractivity contribution is 5.95. The standard InChI is InChI=1S/C24H48N2O2/c1-3-5-6-7-8-9-10-11-12-13-14-15-17-20-23(27)26(4-2)24(28)21-18-16-19-22-25/h3-22,25H2,1-2H3. The minimum atomic E-state index is -0.0146. The van der Waals surface area contributed by atoms with Crippen molar-refractivity contribution in [2.75, 3.05) is 13.1 Å². The molecule has 0 saturated carbocycles. The third kappa shape index (κ3) is 16.1. The van der Waals surface area contributed by atoms with E-state index in [1.807, 2.05) is 6.92 Å². The molecule has 0 heterocycles. The van der Waals surface area contributed by atoms with Gasteiger partial charge >= 0.3 is 0 Å². The fraction of sp³-hybridized carbons (Fsp3) is 0.917. The van der Waals surface area contributed by atoms with Crippen LogP contribution in [0.1, 0.15) is 129 Å². The van der Waals surface area contributed by atoms with E-state index < -0.39 is 0 Å². The van der Waals surface area contributed by atoms with E-state index in [1.54, 1.807) is 0 Å². The number of carbonyl (C=O) groups excluding carboxylic acids is 2. The number of hydrogen-bond acceptors (Lipinski definition) is 3. The number of amides is 2. The van der Waals surface area contributed by atoms with Gasteiger partial charge in [-0.15, -0.1) is 0 Å². The number of unbranched alkanes of at least 4 members (excludes halogenated alkanes) is 14. The fourth-order valence-electron chi connectivity index (χ4n) is 3.65. The van der Waals surface area contributed by atoms with Gasteiger partial charge in [0.2, 0.25) is 11.8 Å². The topological polar surface area (TPSA) is 63.4 Å². The second-order valence-corrected chi connectivity index (χ2v) is 8.12. The number of nitrogens with two attached hydrogens (primary N) is 1. The van der Waals surface area contributed by atoms with E-state index in [0.29, 0.717) is 25.9 Å². The van der Waals surface area contributed by atoms with E-state index in [4.69, 9.17) is 5.73 Å². The Morgan fingerprint density at radius 3 is 1.29 bits per heavy atom. The maximum atomic E-state index is 12.3. The predicted molar refractivity (Wildman–Crippen MR) is 120 cm³/mol. The second kappa shape index (κ2) is 20.8. The number of nitrogens with zero attached hydrogens (tertiary/aromatic N) is 1. The zero-order valence-electron chi connectivity index (χ0n) is 19.0. The zero-order chi connectivity index (χ0) is 20.9. The minimum Gasteiger partial charge on any atom is -0.330 e. The molecular formula is C24H48N2O2. The molecule has 0 aliphatic rings. The molecule has 4 nitrogen and oxygen atoms in total. The Balaban J connectivity index is 3.57. The molecule has 0 aromatic heterocycles. The van der Waals surface area contributed by atoms with Crippen molar-refractivity contribution in [1.82, 2.24) is 4.90 Å². The van der Waals surface area contributed by atoms with Crippen molar-refractivity contribution in [2.24, 2.45) is 5.73 Å². The molecule has 0 fully saturated rings. The van der Waals surface area contributed by atoms with Crippen LogP contribution in [0.2, 0.25) is 0 Å². The first-order chi connectivity index (χ1) is 13.7. The summed E-state index contributed by atoms with van der Waals surface area (Å²) in [6.45, 7) is 5.32. The normalized spacial score (nSPS) is 11.0. The maximum absolute atomic E-state index is 12.3. The Bertz CT molecular complexity index is 372.